The van der Waals surface area contributed by atoms with Gasteiger partial charge in [0.2, 0.25) is 0 Å². The van der Waals surface area contributed by atoms with Gasteiger partial charge in [-0.25, -0.2) is 0 Å². The third-order valence-electron chi connectivity index (χ3n) is 3.30. The van der Waals surface area contributed by atoms with E-state index in [0.717, 1.165) is 25.2 Å². The van der Waals surface area contributed by atoms with Crippen LogP contribution in [0, 0.1) is 5.92 Å². The predicted molar refractivity (Wildman–Crippen MR) is 78.5 cm³/mol. The third kappa shape index (κ3) is 5.39. The molecule has 1 heteroatoms. The largest absolute Gasteiger partial charge is 0.499 e. The molecule has 0 saturated heterocycles. The SMILES string of the molecule is CCO/C(=C\C(CC)CC)CCc1ccccc1. The van der Waals surface area contributed by atoms with E-state index in [9.17, 15) is 0 Å². The summed E-state index contributed by atoms with van der Waals surface area (Å²) < 4.78 is 5.76. The van der Waals surface area contributed by atoms with Crippen LogP contribution >= 0.6 is 0 Å². The van der Waals surface area contributed by atoms with Gasteiger partial charge < -0.3 is 4.74 Å². The Morgan fingerprint density at radius 1 is 1.11 bits per heavy atom. The van der Waals surface area contributed by atoms with Gasteiger partial charge in [0.05, 0.1) is 12.4 Å². The number of allylic oxidation sites excluding steroid dienone is 2. The summed E-state index contributed by atoms with van der Waals surface area (Å²) in [7, 11) is 0. The molecule has 0 bridgehead atoms. The van der Waals surface area contributed by atoms with E-state index in [4.69, 9.17) is 4.74 Å². The fraction of sp³-hybridized carbons (Fsp3) is 0.529. The van der Waals surface area contributed by atoms with Crippen molar-refractivity contribution in [2.24, 2.45) is 5.92 Å². The van der Waals surface area contributed by atoms with Crippen LogP contribution in [0.15, 0.2) is 42.2 Å². The van der Waals surface area contributed by atoms with Crippen LogP contribution < -0.4 is 0 Å². The molecule has 1 nitrogen and oxygen atoms in total. The van der Waals surface area contributed by atoms with Gasteiger partial charge in [-0.15, -0.1) is 0 Å². The van der Waals surface area contributed by atoms with Crippen molar-refractivity contribution in [1.82, 2.24) is 0 Å². The Hall–Kier alpha value is -1.24. The lowest BCUT2D eigenvalue weighted by molar-refractivity contribution is 0.214. The Balaban J connectivity index is 2.57. The maximum Gasteiger partial charge on any atom is 0.0925 e. The molecular weight excluding hydrogens is 220 g/mol. The van der Waals surface area contributed by atoms with Crippen molar-refractivity contribution in [2.45, 2.75) is 46.5 Å². The zero-order valence-corrected chi connectivity index (χ0v) is 12.0. The van der Waals surface area contributed by atoms with Gasteiger partial charge in [-0.1, -0.05) is 44.2 Å². The number of hydrogen-bond donors (Lipinski definition) is 0. The molecule has 1 rings (SSSR count). The highest BCUT2D eigenvalue weighted by Gasteiger charge is 2.04. The molecule has 1 aromatic rings. The molecule has 0 amide bonds. The van der Waals surface area contributed by atoms with Crippen molar-refractivity contribution in [1.29, 1.82) is 0 Å². The zero-order valence-electron chi connectivity index (χ0n) is 12.0. The van der Waals surface area contributed by atoms with E-state index in [1.54, 1.807) is 0 Å². The first-order chi connectivity index (χ1) is 8.80. The number of hydrogen-bond acceptors (Lipinski definition) is 1. The molecule has 0 heterocycles. The van der Waals surface area contributed by atoms with E-state index in [1.807, 2.05) is 0 Å². The Morgan fingerprint density at radius 3 is 2.33 bits per heavy atom. The summed E-state index contributed by atoms with van der Waals surface area (Å²) in [6.07, 6.45) is 6.78. The number of aryl methyl sites for hydroxylation is 1. The van der Waals surface area contributed by atoms with E-state index in [-0.39, 0.29) is 0 Å². The number of rotatable bonds is 8. The second-order valence-corrected chi connectivity index (χ2v) is 4.63. The van der Waals surface area contributed by atoms with Crippen LogP contribution in [0.2, 0.25) is 0 Å². The van der Waals surface area contributed by atoms with E-state index in [1.165, 1.54) is 18.4 Å². The van der Waals surface area contributed by atoms with E-state index < -0.39 is 0 Å². The average molecular weight is 246 g/mol. The van der Waals surface area contributed by atoms with Crippen LogP contribution in [0.1, 0.15) is 45.6 Å². The molecular formula is C17H26O. The Labute approximate surface area is 112 Å². The first-order valence-corrected chi connectivity index (χ1v) is 7.17. The second-order valence-electron chi connectivity index (χ2n) is 4.63. The zero-order chi connectivity index (χ0) is 13.2. The first-order valence-electron chi connectivity index (χ1n) is 7.17. The molecule has 0 atom stereocenters. The summed E-state index contributed by atoms with van der Waals surface area (Å²) in [5.74, 6) is 1.82. The summed E-state index contributed by atoms with van der Waals surface area (Å²) in [5.41, 5.74) is 1.38. The van der Waals surface area contributed by atoms with Crippen molar-refractivity contribution in [3.63, 3.8) is 0 Å². The van der Waals surface area contributed by atoms with Crippen molar-refractivity contribution in [3.05, 3.63) is 47.7 Å². The monoisotopic (exact) mass is 246 g/mol. The average Bonchev–Trinajstić information content (AvgIpc) is 2.43. The Morgan fingerprint density at radius 2 is 1.78 bits per heavy atom. The quantitative estimate of drug-likeness (QED) is 0.588. The Kier molecular flexibility index (Phi) is 7.24. The lowest BCUT2D eigenvalue weighted by Crippen LogP contribution is -2.00. The van der Waals surface area contributed by atoms with Crippen molar-refractivity contribution >= 4 is 0 Å². The minimum absolute atomic E-state index is 0.655. The summed E-state index contributed by atoms with van der Waals surface area (Å²) >= 11 is 0. The van der Waals surface area contributed by atoms with E-state index >= 15 is 0 Å². The Bertz CT molecular complexity index is 336. The highest BCUT2D eigenvalue weighted by atomic mass is 16.5. The molecule has 1 aromatic carbocycles. The smallest absolute Gasteiger partial charge is 0.0925 e. The minimum Gasteiger partial charge on any atom is -0.499 e. The summed E-state index contributed by atoms with van der Waals surface area (Å²) in [6, 6.07) is 10.6. The highest BCUT2D eigenvalue weighted by Crippen LogP contribution is 2.17. The van der Waals surface area contributed by atoms with E-state index in [0.29, 0.717) is 5.92 Å². The molecule has 0 fully saturated rings. The van der Waals surface area contributed by atoms with Crippen LogP contribution in [0.5, 0.6) is 0 Å². The topological polar surface area (TPSA) is 9.23 Å². The lowest BCUT2D eigenvalue weighted by atomic mass is 10.0. The molecule has 0 unspecified atom stereocenters. The highest BCUT2D eigenvalue weighted by molar-refractivity contribution is 5.16. The van der Waals surface area contributed by atoms with Gasteiger partial charge in [0.15, 0.2) is 0 Å². The molecule has 0 N–H and O–H groups in total. The molecule has 0 saturated carbocycles. The number of ether oxygens (including phenoxy) is 1. The normalized spacial score (nSPS) is 11.9. The molecule has 100 valence electrons. The van der Waals surface area contributed by atoms with Gasteiger partial charge in [0.1, 0.15) is 0 Å². The maximum absolute atomic E-state index is 5.76. The molecule has 18 heavy (non-hydrogen) atoms. The fourth-order valence-corrected chi connectivity index (χ4v) is 2.09. The van der Waals surface area contributed by atoms with E-state index in [2.05, 4.69) is 57.2 Å². The van der Waals surface area contributed by atoms with Crippen LogP contribution in [0.25, 0.3) is 0 Å². The van der Waals surface area contributed by atoms with Gasteiger partial charge in [-0.2, -0.15) is 0 Å². The standard InChI is InChI=1S/C17H26O/c1-4-15(5-2)14-17(18-6-3)13-12-16-10-8-7-9-11-16/h7-11,14-15H,4-6,12-13H2,1-3H3/b17-14-. The van der Waals surface area contributed by atoms with Gasteiger partial charge >= 0.3 is 0 Å². The van der Waals surface area contributed by atoms with Crippen molar-refractivity contribution in [3.8, 4) is 0 Å². The van der Waals surface area contributed by atoms with Crippen LogP contribution in [0.3, 0.4) is 0 Å². The predicted octanol–water partition coefficient (Wildman–Crippen LogP) is 4.98. The van der Waals surface area contributed by atoms with Crippen LogP contribution in [-0.4, -0.2) is 6.61 Å². The lowest BCUT2D eigenvalue weighted by Gasteiger charge is -2.13. The number of benzene rings is 1. The van der Waals surface area contributed by atoms with Gasteiger partial charge in [0.25, 0.3) is 0 Å². The van der Waals surface area contributed by atoms with Gasteiger partial charge in [-0.3, -0.25) is 0 Å². The molecule has 0 aliphatic heterocycles. The van der Waals surface area contributed by atoms with Crippen LogP contribution in [0.4, 0.5) is 0 Å². The van der Waals surface area contributed by atoms with Crippen molar-refractivity contribution < 1.29 is 4.74 Å². The minimum atomic E-state index is 0.655. The van der Waals surface area contributed by atoms with Gasteiger partial charge in [0, 0.05) is 6.42 Å². The summed E-state index contributed by atoms with van der Waals surface area (Å²) in [6.45, 7) is 7.31. The third-order valence-corrected chi connectivity index (χ3v) is 3.30. The second kappa shape index (κ2) is 8.79. The van der Waals surface area contributed by atoms with Gasteiger partial charge in [-0.05, 0) is 43.7 Å². The van der Waals surface area contributed by atoms with Crippen molar-refractivity contribution in [2.75, 3.05) is 6.61 Å². The molecule has 0 aliphatic rings. The summed E-state index contributed by atoms with van der Waals surface area (Å²) in [4.78, 5) is 0. The summed E-state index contributed by atoms with van der Waals surface area (Å²) in [5, 5.41) is 0. The first kappa shape index (κ1) is 14.8. The molecule has 0 spiro atoms. The molecule has 0 radical (unpaired) electrons. The van der Waals surface area contributed by atoms with Crippen LogP contribution in [-0.2, 0) is 11.2 Å². The fourth-order valence-electron chi connectivity index (χ4n) is 2.09. The molecule has 0 aromatic heterocycles. The maximum atomic E-state index is 5.76. The molecule has 0 aliphatic carbocycles.